The average molecular weight is 1420 g/mol. The molecule has 42 nitrogen and oxygen atoms in total. The van der Waals surface area contributed by atoms with Gasteiger partial charge in [0.05, 0.1) is 78.4 Å². The highest BCUT2D eigenvalue weighted by Crippen LogP contribution is 2.62. The van der Waals surface area contributed by atoms with Crippen molar-refractivity contribution in [2.75, 3.05) is 78.2 Å². The van der Waals surface area contributed by atoms with Gasteiger partial charge in [-0.05, 0) is 62.3 Å². The van der Waals surface area contributed by atoms with Crippen LogP contribution < -0.4 is 31.4 Å². The number of hydrogen-bond acceptors (Lipinski definition) is 39. The number of phosphoric acid groups is 3. The normalized spacial score (nSPS) is 32.2. The number of fused-ring (bicyclic) bond motifs is 6. The first kappa shape index (κ1) is 71.7. The topological polar surface area (TPSA) is 538 Å². The maximum Gasteiger partial charge on any atom is 0.475 e. The predicted molar refractivity (Wildman–Crippen MR) is 319 cm³/mol. The number of aromatic nitrogens is 12. The summed E-state index contributed by atoms with van der Waals surface area (Å²) in [5, 5.41) is 33.8. The lowest BCUT2D eigenvalue weighted by molar-refractivity contribution is -0.152. The van der Waals surface area contributed by atoms with Crippen molar-refractivity contribution >= 4 is 92.7 Å². The molecule has 6 saturated heterocycles. The molecule has 0 aliphatic carbocycles. The van der Waals surface area contributed by atoms with Crippen molar-refractivity contribution in [3.05, 3.63) is 19.0 Å². The van der Waals surface area contributed by atoms with E-state index in [0.29, 0.717) is 16.6 Å². The number of aliphatic hydroxyl groups is 3. The zero-order chi connectivity index (χ0) is 69.8. The summed E-state index contributed by atoms with van der Waals surface area (Å²) >= 11 is 0. The summed E-state index contributed by atoms with van der Waals surface area (Å²) in [6.45, 7) is 11.8. The number of carbonyl (C=O) groups excluding carboxylic acids is 3. The minimum Gasteiger partial charge on any atom is -0.479 e. The molecule has 0 amide bonds. The van der Waals surface area contributed by atoms with Crippen molar-refractivity contribution in [1.29, 1.82) is 0 Å². The standard InChI is InChI=1S/3C17H24N5O9P/c3*1-8(2)29-10(23)6-28-32(25)27-5-9-12(31-32)17(3,24)15(30-9)22-7-19-11-13(22)20-16(18)21-14(11)26-4/h3*7-9,12,15,24H,5-6H2,1-4H3,(H2,18,20,21)/t9-,12-,15-,17-,32?;9-,12-,15-,17-,32+;9-,12-,15-,17-,32-/m111/s1. The third-order valence-corrected chi connectivity index (χ3v) is 18.9. The van der Waals surface area contributed by atoms with E-state index in [1.807, 2.05) is 0 Å². The van der Waals surface area contributed by atoms with Gasteiger partial charge >= 0.3 is 41.4 Å². The Morgan fingerprint density at radius 1 is 0.490 bits per heavy atom. The summed E-state index contributed by atoms with van der Waals surface area (Å²) in [6, 6.07) is 0. The summed E-state index contributed by atoms with van der Waals surface area (Å²) in [5.41, 5.74) is 13.8. The smallest absolute Gasteiger partial charge is 0.475 e. The van der Waals surface area contributed by atoms with Crippen LogP contribution in [0.15, 0.2) is 19.0 Å². The monoisotopic (exact) mass is 1420 g/mol. The van der Waals surface area contributed by atoms with E-state index >= 15 is 0 Å². The zero-order valence-electron chi connectivity index (χ0n) is 53.5. The molecule has 0 spiro atoms. The minimum atomic E-state index is -4.16. The van der Waals surface area contributed by atoms with Gasteiger partial charge in [0.1, 0.15) is 53.4 Å². The number of hydrogen-bond donors (Lipinski definition) is 6. The van der Waals surface area contributed by atoms with Crippen molar-refractivity contribution in [2.45, 2.75) is 153 Å². The molecule has 6 aromatic rings. The highest BCUT2D eigenvalue weighted by molar-refractivity contribution is 7.49. The number of nitrogens with zero attached hydrogens (tertiary/aromatic N) is 12. The Bertz CT molecular complexity index is 3620. The van der Waals surface area contributed by atoms with E-state index in [-0.39, 0.29) is 90.6 Å². The number of nitrogen functional groups attached to an aromatic ring is 3. The number of esters is 3. The van der Waals surface area contributed by atoms with Crippen LogP contribution in [0.2, 0.25) is 0 Å². The molecule has 12 rings (SSSR count). The van der Waals surface area contributed by atoms with Crippen LogP contribution in [0.5, 0.6) is 17.6 Å². The van der Waals surface area contributed by atoms with E-state index in [9.17, 15) is 43.4 Å². The SMILES string of the molecule is COc1nc(N)nc2c1ncn2[C@@H]1O[C@@H]2COP(=O)(OCC(=O)OC(C)C)O[C@H]2[C@@]1(C)O.COc1nc(N)nc2c1ncn2[C@@H]1O[C@@H]2CO[P@@](=O)(OCC(=O)OC(C)C)O[C@H]2[C@@]1(C)O.COc1nc(N)nc2c1ncn2[C@@H]1O[C@@H]2CO[P@](=O)(OCC(=O)OC(C)C)O[C@H]2[C@@]1(C)O. The molecule has 12 heterocycles. The van der Waals surface area contributed by atoms with Crippen LogP contribution in [0, 0.1) is 0 Å². The van der Waals surface area contributed by atoms with Gasteiger partial charge in [-0.1, -0.05) is 0 Å². The number of imidazole rings is 3. The second-order valence-electron chi connectivity index (χ2n) is 23.2. The first-order valence-corrected chi connectivity index (χ1v) is 33.6. The van der Waals surface area contributed by atoms with E-state index in [0.717, 1.165) is 0 Å². The Balaban J connectivity index is 0.000000157. The highest BCUT2D eigenvalue weighted by atomic mass is 31.2. The molecule has 6 fully saturated rings. The van der Waals surface area contributed by atoms with Crippen molar-refractivity contribution in [3.63, 3.8) is 0 Å². The maximum atomic E-state index is 12.9. The van der Waals surface area contributed by atoms with E-state index in [2.05, 4.69) is 44.9 Å². The van der Waals surface area contributed by atoms with Gasteiger partial charge in [-0.15, -0.1) is 0 Å². The third kappa shape index (κ3) is 14.7. The molecule has 528 valence electrons. The van der Waals surface area contributed by atoms with Crippen LogP contribution in [-0.2, 0) is 97.2 Å². The summed E-state index contributed by atoms with van der Waals surface area (Å²) in [7, 11) is -8.25. The molecule has 45 heteroatoms. The summed E-state index contributed by atoms with van der Waals surface area (Å²) in [4.78, 5) is 72.2. The lowest BCUT2D eigenvalue weighted by Crippen LogP contribution is -2.47. The van der Waals surface area contributed by atoms with Gasteiger partial charge in [-0.3, -0.25) is 54.4 Å². The first-order chi connectivity index (χ1) is 45.1. The fourth-order valence-corrected chi connectivity index (χ4v) is 15.0. The molecule has 15 atom stereocenters. The lowest BCUT2D eigenvalue weighted by Gasteiger charge is -2.34. The second kappa shape index (κ2) is 27.7. The molecule has 6 aromatic heterocycles. The van der Waals surface area contributed by atoms with E-state index in [1.165, 1.54) is 74.8 Å². The predicted octanol–water partition coefficient (Wildman–Crippen LogP) is 1.67. The quantitative estimate of drug-likeness (QED) is 0.0405. The molecule has 0 radical (unpaired) electrons. The molecular formula is C51H72N15O27P3. The molecule has 1 unspecified atom stereocenters. The molecule has 0 bridgehead atoms. The molecule has 9 N–H and O–H groups in total. The van der Waals surface area contributed by atoms with Crippen molar-refractivity contribution in [1.82, 2.24) is 58.6 Å². The van der Waals surface area contributed by atoms with Gasteiger partial charge in [0, 0.05) is 0 Å². The highest BCUT2D eigenvalue weighted by Gasteiger charge is 2.63. The van der Waals surface area contributed by atoms with Crippen LogP contribution in [0.4, 0.5) is 17.8 Å². The molecular weight excluding hydrogens is 1350 g/mol. The summed E-state index contributed by atoms with van der Waals surface area (Å²) < 4.78 is 138. The van der Waals surface area contributed by atoms with Gasteiger partial charge in [-0.2, -0.15) is 29.9 Å². The van der Waals surface area contributed by atoms with Crippen molar-refractivity contribution < 1.29 is 127 Å². The summed E-state index contributed by atoms with van der Waals surface area (Å²) in [6.07, 6.45) is -5.78. The number of ether oxygens (including phenoxy) is 9. The van der Waals surface area contributed by atoms with Crippen LogP contribution in [-0.4, -0.2) is 224 Å². The lowest BCUT2D eigenvalue weighted by atomic mass is 9.96. The van der Waals surface area contributed by atoms with Crippen molar-refractivity contribution in [2.24, 2.45) is 0 Å². The Morgan fingerprint density at radius 2 is 0.740 bits per heavy atom. The molecule has 6 aliphatic heterocycles. The number of anilines is 3. The summed E-state index contributed by atoms with van der Waals surface area (Å²) in [5.74, 6) is -1.88. The number of carbonyl (C=O) groups is 3. The van der Waals surface area contributed by atoms with Crippen LogP contribution in [0.3, 0.4) is 0 Å². The largest absolute Gasteiger partial charge is 0.479 e. The molecule has 0 aromatic carbocycles. The molecule has 6 aliphatic rings. The number of rotatable bonds is 18. The van der Waals surface area contributed by atoms with Crippen molar-refractivity contribution in [3.8, 4) is 17.6 Å². The fourth-order valence-electron chi connectivity index (χ4n) is 10.8. The van der Waals surface area contributed by atoms with Crippen LogP contribution in [0.1, 0.15) is 81.0 Å². The first-order valence-electron chi connectivity index (χ1n) is 29.2. The van der Waals surface area contributed by atoms with E-state index < -0.39 is 133 Å². The second-order valence-corrected chi connectivity index (χ2v) is 28.1. The van der Waals surface area contributed by atoms with Gasteiger partial charge < -0.3 is 75.2 Å². The Kier molecular flexibility index (Phi) is 20.7. The van der Waals surface area contributed by atoms with Gasteiger partial charge in [0.2, 0.25) is 35.5 Å². The van der Waals surface area contributed by atoms with E-state index in [1.54, 1.807) is 41.5 Å². The van der Waals surface area contributed by atoms with Gasteiger partial charge in [0.15, 0.2) is 72.0 Å². The fraction of sp³-hybridized carbons (Fsp3) is 0.647. The van der Waals surface area contributed by atoms with Crippen LogP contribution >= 0.6 is 23.5 Å². The van der Waals surface area contributed by atoms with Crippen LogP contribution in [0.25, 0.3) is 33.5 Å². The van der Waals surface area contributed by atoms with Gasteiger partial charge in [-0.25, -0.2) is 43.0 Å². The third-order valence-electron chi connectivity index (χ3n) is 14.8. The Morgan fingerprint density at radius 3 is 0.969 bits per heavy atom. The Hall–Kier alpha value is -7.05. The molecule has 0 saturated carbocycles. The van der Waals surface area contributed by atoms with E-state index in [4.69, 9.17) is 101 Å². The zero-order valence-corrected chi connectivity index (χ0v) is 56.2. The number of phosphoric ester groups is 3. The number of nitrogens with two attached hydrogens (primary N) is 3. The minimum absolute atomic E-state index is 0.0584. The van der Waals surface area contributed by atoms with Gasteiger partial charge in [0.25, 0.3) is 0 Å². The average Bonchev–Trinajstić information content (AvgIpc) is 1.60. The number of methoxy groups -OCH3 is 3. The Labute approximate surface area is 544 Å². The molecule has 96 heavy (non-hydrogen) atoms. The maximum absolute atomic E-state index is 12.9.